The average molecular weight is 423 g/mol. The van der Waals surface area contributed by atoms with Crippen molar-refractivity contribution in [3.8, 4) is 11.5 Å². The number of benzene rings is 2. The Morgan fingerprint density at radius 1 is 1.14 bits per heavy atom. The van der Waals surface area contributed by atoms with Crippen molar-refractivity contribution in [1.82, 2.24) is 0 Å². The minimum absolute atomic E-state index is 0.0268. The number of nitrogens with zero attached hydrogens (tertiary/aromatic N) is 2. The maximum absolute atomic E-state index is 12.2. The van der Waals surface area contributed by atoms with E-state index in [9.17, 15) is 14.9 Å². The number of hydrogen-bond acceptors (Lipinski definition) is 7. The lowest BCUT2D eigenvalue weighted by Crippen LogP contribution is -2.06. The standard InChI is InChI=1S/C18H12Cl2N2O6/c1-26-15-6-9(14(22(24)25)8-16(15)27-2)5-13-18(23)28-17(21-13)11-4-3-10(19)7-12(11)20/h3-8H,1-2H3/b13-5-. The minimum Gasteiger partial charge on any atom is -0.493 e. The van der Waals surface area contributed by atoms with Crippen molar-refractivity contribution in [2.45, 2.75) is 0 Å². The van der Waals surface area contributed by atoms with E-state index < -0.39 is 10.9 Å². The van der Waals surface area contributed by atoms with Crippen LogP contribution in [0.5, 0.6) is 11.5 Å². The summed E-state index contributed by atoms with van der Waals surface area (Å²) < 4.78 is 15.4. The van der Waals surface area contributed by atoms with Crippen molar-refractivity contribution in [2.75, 3.05) is 14.2 Å². The van der Waals surface area contributed by atoms with Crippen LogP contribution in [0.15, 0.2) is 41.0 Å². The fraction of sp³-hybridized carbons (Fsp3) is 0.111. The van der Waals surface area contributed by atoms with Gasteiger partial charge in [-0.3, -0.25) is 10.1 Å². The summed E-state index contributed by atoms with van der Waals surface area (Å²) in [6, 6.07) is 7.18. The number of carbonyl (C=O) groups is 1. The Hall–Kier alpha value is -3.10. The molecule has 0 N–H and O–H groups in total. The Morgan fingerprint density at radius 3 is 2.43 bits per heavy atom. The number of halogens is 2. The van der Waals surface area contributed by atoms with Gasteiger partial charge < -0.3 is 14.2 Å². The molecule has 1 aliphatic heterocycles. The highest BCUT2D eigenvalue weighted by molar-refractivity contribution is 6.37. The molecule has 0 bridgehead atoms. The molecule has 0 aromatic heterocycles. The molecule has 0 fully saturated rings. The first-order chi connectivity index (χ1) is 13.3. The summed E-state index contributed by atoms with van der Waals surface area (Å²) in [7, 11) is 2.75. The number of carbonyl (C=O) groups excluding carboxylic acids is 1. The highest BCUT2D eigenvalue weighted by atomic mass is 35.5. The summed E-state index contributed by atoms with van der Waals surface area (Å²) in [5.41, 5.74) is 0.0499. The summed E-state index contributed by atoms with van der Waals surface area (Å²) in [6.07, 6.45) is 1.24. The second-order valence-corrected chi connectivity index (χ2v) is 6.33. The van der Waals surface area contributed by atoms with Crippen molar-refractivity contribution < 1.29 is 23.9 Å². The third-order valence-corrected chi connectivity index (χ3v) is 4.35. The molecular formula is C18H12Cl2N2O6. The fourth-order valence-electron chi connectivity index (χ4n) is 2.49. The third kappa shape index (κ3) is 3.78. The lowest BCUT2D eigenvalue weighted by atomic mass is 10.1. The van der Waals surface area contributed by atoms with Gasteiger partial charge in [-0.2, -0.15) is 0 Å². The molecule has 3 rings (SSSR count). The lowest BCUT2D eigenvalue weighted by molar-refractivity contribution is -0.385. The fourth-order valence-corrected chi connectivity index (χ4v) is 2.98. The molecule has 0 aliphatic carbocycles. The molecule has 10 heteroatoms. The number of esters is 1. The normalized spacial score (nSPS) is 14.6. The van der Waals surface area contributed by atoms with Crippen molar-refractivity contribution in [3.63, 3.8) is 0 Å². The monoisotopic (exact) mass is 422 g/mol. The summed E-state index contributed by atoms with van der Waals surface area (Å²) in [4.78, 5) is 27.1. The van der Waals surface area contributed by atoms with Crippen LogP contribution >= 0.6 is 23.2 Å². The van der Waals surface area contributed by atoms with Crippen LogP contribution in [0.3, 0.4) is 0 Å². The Kier molecular flexibility index (Phi) is 5.53. The van der Waals surface area contributed by atoms with E-state index >= 15 is 0 Å². The molecule has 0 spiro atoms. The number of ether oxygens (including phenoxy) is 3. The van der Waals surface area contributed by atoms with E-state index in [1.54, 1.807) is 12.1 Å². The number of hydrogen-bond donors (Lipinski definition) is 0. The molecule has 2 aromatic rings. The van der Waals surface area contributed by atoms with Gasteiger partial charge in [-0.1, -0.05) is 23.2 Å². The van der Waals surface area contributed by atoms with Crippen molar-refractivity contribution in [3.05, 3.63) is 67.3 Å². The van der Waals surface area contributed by atoms with E-state index in [2.05, 4.69) is 4.99 Å². The van der Waals surface area contributed by atoms with Crippen LogP contribution in [0, 0.1) is 10.1 Å². The van der Waals surface area contributed by atoms with Crippen molar-refractivity contribution in [2.24, 2.45) is 4.99 Å². The predicted molar refractivity (Wildman–Crippen MR) is 103 cm³/mol. The first-order valence-electron chi connectivity index (χ1n) is 7.72. The Balaban J connectivity index is 2.09. The molecule has 28 heavy (non-hydrogen) atoms. The Morgan fingerprint density at radius 2 is 1.82 bits per heavy atom. The quantitative estimate of drug-likeness (QED) is 0.308. The Bertz CT molecular complexity index is 1050. The van der Waals surface area contributed by atoms with Gasteiger partial charge in [0.1, 0.15) is 0 Å². The number of aliphatic imine (C=N–C) groups is 1. The second kappa shape index (κ2) is 7.87. The van der Waals surface area contributed by atoms with E-state index in [0.717, 1.165) is 0 Å². The van der Waals surface area contributed by atoms with Gasteiger partial charge in [-0.15, -0.1) is 0 Å². The molecule has 0 radical (unpaired) electrons. The van der Waals surface area contributed by atoms with Crippen molar-refractivity contribution >= 4 is 46.8 Å². The van der Waals surface area contributed by atoms with E-state index in [4.69, 9.17) is 37.4 Å². The van der Waals surface area contributed by atoms with Crippen LogP contribution in [0.25, 0.3) is 6.08 Å². The van der Waals surface area contributed by atoms with E-state index in [1.807, 2.05) is 0 Å². The average Bonchev–Trinajstić information content (AvgIpc) is 3.01. The van der Waals surface area contributed by atoms with Gasteiger partial charge in [0.25, 0.3) is 5.69 Å². The van der Waals surface area contributed by atoms with Crippen molar-refractivity contribution in [1.29, 1.82) is 0 Å². The molecule has 2 aromatic carbocycles. The van der Waals surface area contributed by atoms with Crippen LogP contribution in [-0.2, 0) is 9.53 Å². The number of methoxy groups -OCH3 is 2. The number of nitro groups is 1. The van der Waals surface area contributed by atoms with E-state index in [1.165, 1.54) is 38.5 Å². The van der Waals surface area contributed by atoms with Gasteiger partial charge in [-0.05, 0) is 30.3 Å². The van der Waals surface area contributed by atoms with Gasteiger partial charge in [0.15, 0.2) is 17.2 Å². The highest BCUT2D eigenvalue weighted by Gasteiger charge is 2.27. The number of rotatable bonds is 5. The van der Waals surface area contributed by atoms with Gasteiger partial charge in [0.2, 0.25) is 5.90 Å². The molecule has 144 valence electrons. The zero-order valence-electron chi connectivity index (χ0n) is 14.6. The summed E-state index contributed by atoms with van der Waals surface area (Å²) in [5.74, 6) is -0.357. The SMILES string of the molecule is COc1cc(/C=C2\N=C(c3ccc(Cl)cc3Cl)OC2=O)c([N+](=O)[O-])cc1OC. The summed E-state index contributed by atoms with van der Waals surface area (Å²) >= 11 is 12.0. The molecule has 0 amide bonds. The molecule has 1 heterocycles. The van der Waals surface area contributed by atoms with Crippen LogP contribution < -0.4 is 9.47 Å². The van der Waals surface area contributed by atoms with Gasteiger partial charge in [-0.25, -0.2) is 9.79 Å². The minimum atomic E-state index is -0.773. The van der Waals surface area contributed by atoms with Crippen LogP contribution in [0.2, 0.25) is 10.0 Å². The smallest absolute Gasteiger partial charge is 0.363 e. The zero-order chi connectivity index (χ0) is 20.4. The molecular weight excluding hydrogens is 411 g/mol. The van der Waals surface area contributed by atoms with Gasteiger partial charge in [0, 0.05) is 5.02 Å². The maximum atomic E-state index is 12.2. The topological polar surface area (TPSA) is 100 Å². The van der Waals surface area contributed by atoms with E-state index in [-0.39, 0.29) is 39.4 Å². The van der Waals surface area contributed by atoms with Crippen LogP contribution in [-0.4, -0.2) is 31.0 Å². The molecule has 0 saturated heterocycles. The summed E-state index contributed by atoms with van der Waals surface area (Å²) in [5, 5.41) is 12.1. The summed E-state index contributed by atoms with van der Waals surface area (Å²) in [6.45, 7) is 0. The van der Waals surface area contributed by atoms with Gasteiger partial charge in [0.05, 0.1) is 41.4 Å². The van der Waals surface area contributed by atoms with Crippen LogP contribution in [0.1, 0.15) is 11.1 Å². The zero-order valence-corrected chi connectivity index (χ0v) is 16.1. The molecule has 0 unspecified atom stereocenters. The lowest BCUT2D eigenvalue weighted by Gasteiger charge is -2.08. The van der Waals surface area contributed by atoms with Gasteiger partial charge >= 0.3 is 5.97 Å². The van der Waals surface area contributed by atoms with Crippen LogP contribution in [0.4, 0.5) is 5.69 Å². The molecule has 0 atom stereocenters. The van der Waals surface area contributed by atoms with E-state index in [0.29, 0.717) is 10.6 Å². The maximum Gasteiger partial charge on any atom is 0.363 e. The highest BCUT2D eigenvalue weighted by Crippen LogP contribution is 2.36. The molecule has 1 aliphatic rings. The molecule has 8 nitrogen and oxygen atoms in total. The number of nitro benzene ring substituents is 1. The first kappa shape index (κ1) is 19.7. The second-order valence-electron chi connectivity index (χ2n) is 5.48. The number of cyclic esters (lactones) is 1. The predicted octanol–water partition coefficient (Wildman–Crippen LogP) is 4.26. The molecule has 0 saturated carbocycles. The Labute approximate surface area is 169 Å². The first-order valence-corrected chi connectivity index (χ1v) is 8.48. The third-order valence-electron chi connectivity index (χ3n) is 3.80. The largest absolute Gasteiger partial charge is 0.493 e.